The van der Waals surface area contributed by atoms with Gasteiger partial charge in [-0.05, 0) is 17.5 Å². The van der Waals surface area contributed by atoms with Crippen LogP contribution < -0.4 is 0 Å². The minimum atomic E-state index is -1.77. The van der Waals surface area contributed by atoms with E-state index in [0.717, 1.165) is 60.2 Å². The van der Waals surface area contributed by atoms with Crippen LogP contribution in [0.4, 0.5) is 0 Å². The van der Waals surface area contributed by atoms with E-state index in [1.54, 1.807) is 18.6 Å². The third kappa shape index (κ3) is 3.59. The first-order valence-electron chi connectivity index (χ1n) is 11.2. The van der Waals surface area contributed by atoms with Crippen molar-refractivity contribution in [3.8, 4) is 11.1 Å². The lowest BCUT2D eigenvalue weighted by molar-refractivity contribution is -0.916. The van der Waals surface area contributed by atoms with Gasteiger partial charge < -0.3 is 14.3 Å². The number of piperidine rings is 1. The van der Waals surface area contributed by atoms with Crippen LogP contribution in [0.25, 0.3) is 11.1 Å². The van der Waals surface area contributed by atoms with Crippen LogP contribution in [0, 0.1) is 0 Å². The maximum absolute atomic E-state index is 13.5. The number of rotatable bonds is 5. The molecule has 0 saturated carbocycles. The predicted octanol–water partition coefficient (Wildman–Crippen LogP) is 3.09. The fraction of sp³-hybridized carbons (Fsp3) is 0.346. The lowest BCUT2D eigenvalue weighted by Crippen LogP contribution is -2.55. The first-order chi connectivity index (χ1) is 15.5. The zero-order valence-corrected chi connectivity index (χ0v) is 18.3. The number of likely N-dealkylation sites (tertiary alicyclic amines) is 1. The molecule has 1 aliphatic heterocycles. The topological polar surface area (TPSA) is 72.3 Å². The van der Waals surface area contributed by atoms with Crippen LogP contribution in [0.3, 0.4) is 0 Å². The Labute approximate surface area is 188 Å². The van der Waals surface area contributed by atoms with Crippen LogP contribution in [-0.2, 0) is 21.6 Å². The summed E-state index contributed by atoms with van der Waals surface area (Å²) >= 11 is 0. The van der Waals surface area contributed by atoms with E-state index in [0.29, 0.717) is 11.1 Å². The molecule has 2 aliphatic rings. The van der Waals surface area contributed by atoms with Crippen molar-refractivity contribution in [2.45, 2.75) is 31.0 Å². The lowest BCUT2D eigenvalue weighted by atomic mass is 9.91. The maximum Gasteiger partial charge on any atom is 0.348 e. The monoisotopic (exact) mass is 430 g/mol. The molecule has 1 N–H and O–H groups in total. The smallest absolute Gasteiger partial charge is 0.348 e. The van der Waals surface area contributed by atoms with Gasteiger partial charge in [-0.1, -0.05) is 48.5 Å². The quantitative estimate of drug-likeness (QED) is 0.498. The Bertz CT molecular complexity index is 1090. The largest absolute Gasteiger partial charge is 0.454 e. The number of fused-ring (bicyclic) bond motifs is 3. The Morgan fingerprint density at radius 1 is 1.12 bits per heavy atom. The van der Waals surface area contributed by atoms with Crippen molar-refractivity contribution in [1.29, 1.82) is 0 Å². The molecule has 1 aromatic heterocycles. The molecule has 3 aromatic rings. The highest BCUT2D eigenvalue weighted by Gasteiger charge is 2.50. The van der Waals surface area contributed by atoms with E-state index in [4.69, 9.17) is 4.74 Å². The van der Waals surface area contributed by atoms with E-state index in [1.807, 2.05) is 48.5 Å². The Morgan fingerprint density at radius 2 is 1.81 bits per heavy atom. The minimum Gasteiger partial charge on any atom is -0.454 e. The van der Waals surface area contributed by atoms with Gasteiger partial charge in [0.1, 0.15) is 6.54 Å². The highest BCUT2D eigenvalue weighted by molar-refractivity contribution is 5.96. The van der Waals surface area contributed by atoms with Crippen molar-refractivity contribution in [3.63, 3.8) is 0 Å². The predicted molar refractivity (Wildman–Crippen MR) is 121 cm³/mol. The van der Waals surface area contributed by atoms with Gasteiger partial charge in [-0.25, -0.2) is 4.79 Å². The number of aromatic nitrogens is 2. The molecule has 0 bridgehead atoms. The van der Waals surface area contributed by atoms with E-state index in [1.165, 1.54) is 0 Å². The summed E-state index contributed by atoms with van der Waals surface area (Å²) in [5.74, 6) is -0.581. The molecule has 0 amide bonds. The van der Waals surface area contributed by atoms with E-state index >= 15 is 0 Å². The molecule has 1 aliphatic carbocycles. The summed E-state index contributed by atoms with van der Waals surface area (Å²) in [6, 6.07) is 15.1. The van der Waals surface area contributed by atoms with Crippen LogP contribution >= 0.6 is 0 Å². The third-order valence-corrected chi connectivity index (χ3v) is 6.89. The minimum absolute atomic E-state index is 0.230. The molecular formula is C26H28N3O3+. The van der Waals surface area contributed by atoms with Gasteiger partial charge in [-0.15, -0.1) is 0 Å². The van der Waals surface area contributed by atoms with Crippen molar-refractivity contribution in [3.05, 3.63) is 83.9 Å². The van der Waals surface area contributed by atoms with E-state index < -0.39 is 11.6 Å². The van der Waals surface area contributed by atoms with Gasteiger partial charge in [0.25, 0.3) is 0 Å². The van der Waals surface area contributed by atoms with Gasteiger partial charge in [-0.3, -0.25) is 9.97 Å². The molecule has 1 unspecified atom stereocenters. The number of nitrogens with zero attached hydrogens (tertiary/aromatic N) is 3. The molecule has 2 atom stereocenters. The van der Waals surface area contributed by atoms with E-state index in [2.05, 4.69) is 17.0 Å². The number of quaternary nitrogens is 1. The summed E-state index contributed by atoms with van der Waals surface area (Å²) in [7, 11) is 2.20. The average molecular weight is 431 g/mol. The number of likely N-dealkylation sites (N-methyl/N-ethyl adjacent to an activating group) is 1. The number of carbonyl (C=O) groups is 1. The van der Waals surface area contributed by atoms with Crippen LogP contribution in [0.1, 0.15) is 29.7 Å². The summed E-state index contributed by atoms with van der Waals surface area (Å²) < 4.78 is 6.81. The van der Waals surface area contributed by atoms with Gasteiger partial charge >= 0.3 is 5.97 Å². The van der Waals surface area contributed by atoms with Crippen molar-refractivity contribution < 1.29 is 19.1 Å². The number of hydrogen-bond acceptors (Lipinski definition) is 5. The molecule has 5 rings (SSSR count). The van der Waals surface area contributed by atoms with Crippen molar-refractivity contribution in [1.82, 2.24) is 9.97 Å². The van der Waals surface area contributed by atoms with Crippen LogP contribution in [-0.4, -0.2) is 58.3 Å². The number of carbonyl (C=O) groups excluding carboxylic acids is 1. The Hall–Kier alpha value is -3.09. The molecule has 0 spiro atoms. The highest BCUT2D eigenvalue weighted by Crippen LogP contribution is 2.48. The molecule has 0 radical (unpaired) electrons. The second-order valence-corrected chi connectivity index (χ2v) is 9.17. The van der Waals surface area contributed by atoms with Gasteiger partial charge in [0, 0.05) is 42.6 Å². The summed E-state index contributed by atoms with van der Waals surface area (Å²) in [6.45, 7) is 2.66. The lowest BCUT2D eigenvalue weighted by Gasteiger charge is -2.41. The number of aliphatic hydroxyl groups is 1. The molecule has 2 heterocycles. The Kier molecular flexibility index (Phi) is 5.27. The van der Waals surface area contributed by atoms with Crippen molar-refractivity contribution in [2.75, 3.05) is 26.7 Å². The van der Waals surface area contributed by atoms with Crippen molar-refractivity contribution >= 4 is 5.97 Å². The maximum atomic E-state index is 13.5. The van der Waals surface area contributed by atoms with Crippen LogP contribution in [0.2, 0.25) is 0 Å². The number of ether oxygens (including phenoxy) is 1. The summed E-state index contributed by atoms with van der Waals surface area (Å²) in [4.78, 5) is 22.0. The van der Waals surface area contributed by atoms with Crippen molar-refractivity contribution in [2.24, 2.45) is 0 Å². The zero-order chi connectivity index (χ0) is 22.2. The van der Waals surface area contributed by atoms with Gasteiger partial charge in [0.15, 0.2) is 6.10 Å². The normalized spacial score (nSPS) is 23.2. The first-order valence-corrected chi connectivity index (χ1v) is 11.2. The van der Waals surface area contributed by atoms with E-state index in [9.17, 15) is 9.90 Å². The fourth-order valence-corrected chi connectivity index (χ4v) is 5.19. The fourth-order valence-electron chi connectivity index (χ4n) is 5.19. The number of esters is 1. The summed E-state index contributed by atoms with van der Waals surface area (Å²) in [5.41, 5.74) is 2.17. The molecular weight excluding hydrogens is 402 g/mol. The highest BCUT2D eigenvalue weighted by atomic mass is 16.6. The molecule has 1 saturated heterocycles. The molecule has 164 valence electrons. The first kappa shape index (κ1) is 20.8. The Morgan fingerprint density at radius 3 is 2.47 bits per heavy atom. The van der Waals surface area contributed by atoms with Gasteiger partial charge in [-0.2, -0.15) is 0 Å². The van der Waals surface area contributed by atoms with Crippen LogP contribution in [0.15, 0.2) is 67.1 Å². The molecule has 32 heavy (non-hydrogen) atoms. The molecule has 1 fully saturated rings. The average Bonchev–Trinajstić information content (AvgIpc) is 3.09. The molecule has 2 aromatic carbocycles. The van der Waals surface area contributed by atoms with Gasteiger partial charge in [0.2, 0.25) is 5.60 Å². The third-order valence-electron chi connectivity index (χ3n) is 6.89. The SMILES string of the molecule is C[N+]1(CCc2cnccn2)CCC[C@@H](OC(=O)C2(O)c3ccccc3-c3ccccc32)C1. The summed E-state index contributed by atoms with van der Waals surface area (Å²) in [6.07, 6.45) is 7.58. The van der Waals surface area contributed by atoms with E-state index in [-0.39, 0.29) is 6.10 Å². The summed E-state index contributed by atoms with van der Waals surface area (Å²) in [5, 5.41) is 11.7. The second-order valence-electron chi connectivity index (χ2n) is 9.17. The van der Waals surface area contributed by atoms with Crippen LogP contribution in [0.5, 0.6) is 0 Å². The van der Waals surface area contributed by atoms with Gasteiger partial charge in [0.05, 0.1) is 25.8 Å². The molecule has 6 nitrogen and oxygen atoms in total. The number of benzene rings is 2. The molecule has 6 heteroatoms. The Balaban J connectivity index is 1.34. The number of hydrogen-bond donors (Lipinski definition) is 1. The second kappa shape index (κ2) is 8.11. The standard InChI is InChI=1S/C26H28N3O3/c1-29(16-12-19-17-27-13-14-28-19)15-6-7-20(18-29)32-25(30)26(31)23-10-4-2-8-21(23)22-9-3-5-11-24(22)26/h2-5,8-11,13-14,17,20,31H,6-7,12,15-16,18H2,1H3/q+1/t20-,29?/m1/s1. The zero-order valence-electron chi connectivity index (χ0n) is 18.3.